The van der Waals surface area contributed by atoms with Gasteiger partial charge in [-0.15, -0.1) is 0 Å². The highest BCUT2D eigenvalue weighted by molar-refractivity contribution is 5.79. The Morgan fingerprint density at radius 3 is 2.71 bits per heavy atom. The molecule has 1 atom stereocenters. The van der Waals surface area contributed by atoms with Gasteiger partial charge >= 0.3 is 0 Å². The molecule has 0 spiro atoms. The summed E-state index contributed by atoms with van der Waals surface area (Å²) in [5.41, 5.74) is 1.51. The fourth-order valence-corrected chi connectivity index (χ4v) is 2.04. The van der Waals surface area contributed by atoms with E-state index in [1.807, 2.05) is 11.8 Å². The summed E-state index contributed by atoms with van der Waals surface area (Å²) in [4.78, 5) is 13.8. The third kappa shape index (κ3) is 4.90. The minimum absolute atomic E-state index is 0.184. The van der Waals surface area contributed by atoms with Crippen molar-refractivity contribution in [3.8, 4) is 0 Å². The average Bonchev–Trinajstić information content (AvgIpc) is 2.53. The van der Waals surface area contributed by atoms with E-state index in [0.717, 1.165) is 19.6 Å². The highest BCUT2D eigenvalue weighted by atomic mass is 16.2. The van der Waals surface area contributed by atoms with Gasteiger partial charge in [0.15, 0.2) is 0 Å². The second-order valence-electron chi connectivity index (χ2n) is 6.25. The van der Waals surface area contributed by atoms with Gasteiger partial charge in [-0.2, -0.15) is 0 Å². The molecule has 1 amide bonds. The Balaban J connectivity index is 2.41. The van der Waals surface area contributed by atoms with Crippen molar-refractivity contribution in [3.63, 3.8) is 0 Å². The standard InChI is InChI=1S/C14H26N2O/c1-6-11(2)8-15-12-7-13(17)16(9-12)10-14(3,4)5/h6,12,15H,7-10H2,1-5H3/b11-6+. The highest BCUT2D eigenvalue weighted by Gasteiger charge is 2.31. The van der Waals surface area contributed by atoms with Crippen LogP contribution in [0.25, 0.3) is 0 Å². The third-order valence-electron chi connectivity index (χ3n) is 3.04. The van der Waals surface area contributed by atoms with Gasteiger partial charge in [0.1, 0.15) is 0 Å². The normalized spacial score (nSPS) is 22.4. The van der Waals surface area contributed by atoms with Crippen molar-refractivity contribution in [2.24, 2.45) is 5.41 Å². The number of nitrogens with zero attached hydrogens (tertiary/aromatic N) is 1. The van der Waals surface area contributed by atoms with Crippen LogP contribution in [0.4, 0.5) is 0 Å². The summed E-state index contributed by atoms with van der Waals surface area (Å²) in [5, 5.41) is 3.45. The Morgan fingerprint density at radius 2 is 2.18 bits per heavy atom. The molecule has 98 valence electrons. The Hall–Kier alpha value is -0.830. The van der Waals surface area contributed by atoms with E-state index < -0.39 is 0 Å². The maximum atomic E-state index is 11.8. The summed E-state index contributed by atoms with van der Waals surface area (Å²) < 4.78 is 0. The molecule has 1 heterocycles. The lowest BCUT2D eigenvalue weighted by molar-refractivity contribution is -0.128. The first-order chi connectivity index (χ1) is 7.81. The Kier molecular flexibility index (Phi) is 4.75. The molecule has 3 heteroatoms. The summed E-state index contributed by atoms with van der Waals surface area (Å²) in [7, 11) is 0. The number of hydrogen-bond donors (Lipinski definition) is 1. The molecule has 0 aliphatic carbocycles. The van der Waals surface area contributed by atoms with Crippen LogP contribution >= 0.6 is 0 Å². The fraction of sp³-hybridized carbons (Fsp3) is 0.786. The van der Waals surface area contributed by atoms with E-state index in [1.54, 1.807) is 0 Å². The van der Waals surface area contributed by atoms with Gasteiger partial charge in [0, 0.05) is 32.1 Å². The molecule has 1 rings (SSSR count). The number of hydrogen-bond acceptors (Lipinski definition) is 2. The molecule has 0 radical (unpaired) electrons. The number of allylic oxidation sites excluding steroid dienone is 1. The highest BCUT2D eigenvalue weighted by Crippen LogP contribution is 2.20. The topological polar surface area (TPSA) is 32.3 Å². The average molecular weight is 238 g/mol. The van der Waals surface area contributed by atoms with Gasteiger partial charge in [0.2, 0.25) is 5.91 Å². The maximum absolute atomic E-state index is 11.8. The molecule has 1 saturated heterocycles. The van der Waals surface area contributed by atoms with Gasteiger partial charge in [-0.1, -0.05) is 32.4 Å². The summed E-state index contributed by atoms with van der Waals surface area (Å²) in [6.07, 6.45) is 2.75. The molecule has 0 saturated carbocycles. The van der Waals surface area contributed by atoms with Gasteiger partial charge in [-0.3, -0.25) is 4.79 Å². The smallest absolute Gasteiger partial charge is 0.224 e. The van der Waals surface area contributed by atoms with E-state index in [1.165, 1.54) is 5.57 Å². The largest absolute Gasteiger partial charge is 0.341 e. The van der Waals surface area contributed by atoms with Crippen LogP contribution in [-0.4, -0.2) is 36.5 Å². The first kappa shape index (κ1) is 14.2. The Bertz CT molecular complexity index is 302. The van der Waals surface area contributed by atoms with Crippen LogP contribution in [-0.2, 0) is 4.79 Å². The number of carbonyl (C=O) groups is 1. The van der Waals surface area contributed by atoms with Crippen molar-refractivity contribution in [2.75, 3.05) is 19.6 Å². The zero-order valence-electron chi connectivity index (χ0n) is 11.8. The second kappa shape index (κ2) is 5.67. The quantitative estimate of drug-likeness (QED) is 0.761. The number of amides is 1. The third-order valence-corrected chi connectivity index (χ3v) is 3.04. The van der Waals surface area contributed by atoms with E-state index in [-0.39, 0.29) is 11.3 Å². The zero-order chi connectivity index (χ0) is 13.1. The van der Waals surface area contributed by atoms with E-state index in [9.17, 15) is 4.79 Å². The van der Waals surface area contributed by atoms with Crippen LogP contribution in [0, 0.1) is 5.41 Å². The Morgan fingerprint density at radius 1 is 1.53 bits per heavy atom. The number of likely N-dealkylation sites (tertiary alicyclic amines) is 1. The minimum atomic E-state index is 0.184. The van der Waals surface area contributed by atoms with Crippen LogP contribution in [0.5, 0.6) is 0 Å². The number of rotatable bonds is 4. The first-order valence-electron chi connectivity index (χ1n) is 6.45. The van der Waals surface area contributed by atoms with Crippen LogP contribution < -0.4 is 5.32 Å². The second-order valence-corrected chi connectivity index (χ2v) is 6.25. The van der Waals surface area contributed by atoms with Gasteiger partial charge in [-0.25, -0.2) is 0 Å². The van der Waals surface area contributed by atoms with Crippen molar-refractivity contribution in [3.05, 3.63) is 11.6 Å². The molecule has 1 unspecified atom stereocenters. The molecule has 1 fully saturated rings. The molecule has 0 bridgehead atoms. The van der Waals surface area contributed by atoms with Crippen molar-refractivity contribution >= 4 is 5.91 Å². The van der Waals surface area contributed by atoms with Gasteiger partial charge in [0.05, 0.1) is 0 Å². The summed E-state index contributed by atoms with van der Waals surface area (Å²) in [6.45, 7) is 13.3. The number of nitrogens with one attached hydrogen (secondary N) is 1. The summed E-state index contributed by atoms with van der Waals surface area (Å²) in [5.74, 6) is 0.288. The van der Waals surface area contributed by atoms with E-state index in [4.69, 9.17) is 0 Å². The fourth-order valence-electron chi connectivity index (χ4n) is 2.04. The molecule has 3 nitrogen and oxygen atoms in total. The molecular formula is C14H26N2O. The van der Waals surface area contributed by atoms with E-state index in [2.05, 4.69) is 39.1 Å². The lowest BCUT2D eigenvalue weighted by atomic mass is 9.96. The molecular weight excluding hydrogens is 212 g/mol. The summed E-state index contributed by atoms with van der Waals surface area (Å²) in [6, 6.07) is 0.319. The van der Waals surface area contributed by atoms with Crippen LogP contribution in [0.2, 0.25) is 0 Å². The van der Waals surface area contributed by atoms with Crippen molar-refractivity contribution in [1.29, 1.82) is 0 Å². The van der Waals surface area contributed by atoms with Gasteiger partial charge in [0.25, 0.3) is 0 Å². The molecule has 0 aromatic carbocycles. The minimum Gasteiger partial charge on any atom is -0.341 e. The number of carbonyl (C=O) groups excluding carboxylic acids is 1. The molecule has 17 heavy (non-hydrogen) atoms. The zero-order valence-corrected chi connectivity index (χ0v) is 11.8. The molecule has 1 N–H and O–H groups in total. The predicted molar refractivity (Wildman–Crippen MR) is 71.9 cm³/mol. The molecule has 0 aromatic rings. The lowest BCUT2D eigenvalue weighted by Crippen LogP contribution is -2.37. The van der Waals surface area contributed by atoms with E-state index in [0.29, 0.717) is 12.5 Å². The first-order valence-corrected chi connectivity index (χ1v) is 6.45. The van der Waals surface area contributed by atoms with Crippen molar-refractivity contribution in [1.82, 2.24) is 10.2 Å². The molecule has 0 aromatic heterocycles. The van der Waals surface area contributed by atoms with Gasteiger partial charge in [-0.05, 0) is 19.3 Å². The van der Waals surface area contributed by atoms with Gasteiger partial charge < -0.3 is 10.2 Å². The SMILES string of the molecule is C/C=C(\C)CNC1CC(=O)N(CC(C)(C)C)C1. The maximum Gasteiger partial charge on any atom is 0.224 e. The van der Waals surface area contributed by atoms with Crippen LogP contribution in [0.3, 0.4) is 0 Å². The predicted octanol–water partition coefficient (Wildman–Crippen LogP) is 2.19. The van der Waals surface area contributed by atoms with Crippen molar-refractivity contribution < 1.29 is 4.79 Å². The van der Waals surface area contributed by atoms with Crippen LogP contribution in [0.15, 0.2) is 11.6 Å². The van der Waals surface area contributed by atoms with E-state index >= 15 is 0 Å². The molecule has 1 aliphatic rings. The Labute approximate surface area is 105 Å². The molecule has 1 aliphatic heterocycles. The van der Waals surface area contributed by atoms with Crippen molar-refractivity contribution in [2.45, 2.75) is 47.1 Å². The monoisotopic (exact) mass is 238 g/mol. The summed E-state index contributed by atoms with van der Waals surface area (Å²) >= 11 is 0. The van der Waals surface area contributed by atoms with Crippen LogP contribution in [0.1, 0.15) is 41.0 Å². The lowest BCUT2D eigenvalue weighted by Gasteiger charge is -2.26.